The predicted octanol–water partition coefficient (Wildman–Crippen LogP) is 3.44. The third-order valence-corrected chi connectivity index (χ3v) is 4.78. The van der Waals surface area contributed by atoms with Crippen LogP contribution in [-0.4, -0.2) is 39.8 Å². The van der Waals surface area contributed by atoms with Gasteiger partial charge in [0, 0.05) is 31.0 Å². The summed E-state index contributed by atoms with van der Waals surface area (Å²) in [4.78, 5) is 25.1. The maximum atomic E-state index is 12.1. The number of aromatic nitrogens is 2. The van der Waals surface area contributed by atoms with Crippen LogP contribution < -0.4 is 15.0 Å². The quantitative estimate of drug-likeness (QED) is 0.707. The predicted molar refractivity (Wildman–Crippen MR) is 103 cm³/mol. The van der Waals surface area contributed by atoms with Crippen LogP contribution in [0.5, 0.6) is 11.5 Å². The minimum atomic E-state index is -1.01. The normalized spacial score (nSPS) is 13.4. The summed E-state index contributed by atoms with van der Waals surface area (Å²) in [5.41, 5.74) is 2.12. The van der Waals surface area contributed by atoms with Crippen LogP contribution in [-0.2, 0) is 0 Å². The number of carboxylic acids is 1. The van der Waals surface area contributed by atoms with Crippen molar-refractivity contribution in [3.05, 3.63) is 53.9 Å². The first kappa shape index (κ1) is 17.8. The third kappa shape index (κ3) is 3.36. The topological polar surface area (TPSA) is 96.2 Å². The second kappa shape index (κ2) is 6.88. The number of aryl methyl sites for hydroxylation is 1. The molecule has 2 N–H and O–H groups in total. The SMILES string of the molecule is Cc1c(C(=O)O)cn2nccc(Oc3ccc(N(C)C(=O)NC4CC4)cc3)c12. The Morgan fingerprint density at radius 2 is 1.96 bits per heavy atom. The van der Waals surface area contributed by atoms with E-state index in [0.29, 0.717) is 28.6 Å². The Bertz CT molecular complexity index is 1050. The van der Waals surface area contributed by atoms with E-state index < -0.39 is 5.97 Å². The summed E-state index contributed by atoms with van der Waals surface area (Å²) >= 11 is 0. The summed E-state index contributed by atoms with van der Waals surface area (Å²) in [5.74, 6) is 0.0729. The van der Waals surface area contributed by atoms with Crippen LogP contribution in [0.1, 0.15) is 28.8 Å². The lowest BCUT2D eigenvalue weighted by Gasteiger charge is -2.18. The van der Waals surface area contributed by atoms with Crippen molar-refractivity contribution in [1.29, 1.82) is 0 Å². The third-order valence-electron chi connectivity index (χ3n) is 4.78. The van der Waals surface area contributed by atoms with E-state index in [9.17, 15) is 14.7 Å². The first-order chi connectivity index (χ1) is 13.4. The summed E-state index contributed by atoms with van der Waals surface area (Å²) in [6, 6.07) is 9.00. The summed E-state index contributed by atoms with van der Waals surface area (Å²) in [5, 5.41) is 16.4. The van der Waals surface area contributed by atoms with Crippen LogP contribution in [0.2, 0.25) is 0 Å². The average Bonchev–Trinajstić information content (AvgIpc) is 3.42. The molecule has 0 spiro atoms. The first-order valence-electron chi connectivity index (χ1n) is 8.96. The van der Waals surface area contributed by atoms with Gasteiger partial charge in [-0.15, -0.1) is 0 Å². The van der Waals surface area contributed by atoms with Crippen molar-refractivity contribution in [3.8, 4) is 11.5 Å². The largest absolute Gasteiger partial charge is 0.478 e. The van der Waals surface area contributed by atoms with Gasteiger partial charge < -0.3 is 15.2 Å². The van der Waals surface area contributed by atoms with E-state index >= 15 is 0 Å². The van der Waals surface area contributed by atoms with Crippen molar-refractivity contribution in [2.24, 2.45) is 0 Å². The highest BCUT2D eigenvalue weighted by molar-refractivity contribution is 5.93. The Kier molecular flexibility index (Phi) is 4.38. The first-order valence-corrected chi connectivity index (χ1v) is 8.96. The van der Waals surface area contributed by atoms with Gasteiger partial charge in [0.2, 0.25) is 0 Å². The van der Waals surface area contributed by atoms with E-state index in [2.05, 4.69) is 10.4 Å². The number of aromatic carboxylic acids is 1. The van der Waals surface area contributed by atoms with E-state index in [1.54, 1.807) is 55.4 Å². The van der Waals surface area contributed by atoms with Crippen LogP contribution >= 0.6 is 0 Å². The molecule has 28 heavy (non-hydrogen) atoms. The highest BCUT2D eigenvalue weighted by Gasteiger charge is 2.25. The highest BCUT2D eigenvalue weighted by atomic mass is 16.5. The second-order valence-electron chi connectivity index (χ2n) is 6.84. The molecule has 0 aliphatic heterocycles. The molecule has 2 heterocycles. The number of benzene rings is 1. The highest BCUT2D eigenvalue weighted by Crippen LogP contribution is 2.31. The number of carboxylic acid groups (broad SMARTS) is 1. The molecule has 8 heteroatoms. The molecule has 1 fully saturated rings. The molecule has 0 atom stereocenters. The molecule has 1 aromatic carbocycles. The number of nitrogens with one attached hydrogen (secondary N) is 1. The lowest BCUT2D eigenvalue weighted by Crippen LogP contribution is -2.38. The monoisotopic (exact) mass is 380 g/mol. The molecule has 144 valence electrons. The van der Waals surface area contributed by atoms with Crippen molar-refractivity contribution < 1.29 is 19.4 Å². The molecule has 0 unspecified atom stereocenters. The van der Waals surface area contributed by atoms with Gasteiger partial charge in [0.15, 0.2) is 5.75 Å². The van der Waals surface area contributed by atoms with Crippen LogP contribution in [0.4, 0.5) is 10.5 Å². The number of anilines is 1. The van der Waals surface area contributed by atoms with E-state index in [1.807, 2.05) is 0 Å². The molecule has 1 aliphatic carbocycles. The Morgan fingerprint density at radius 1 is 1.25 bits per heavy atom. The second-order valence-corrected chi connectivity index (χ2v) is 6.84. The number of carbonyl (C=O) groups excluding carboxylic acids is 1. The number of amides is 2. The van der Waals surface area contributed by atoms with Crippen LogP contribution in [0.15, 0.2) is 42.7 Å². The minimum absolute atomic E-state index is 0.128. The molecule has 0 radical (unpaired) electrons. The maximum absolute atomic E-state index is 12.1. The molecule has 2 aromatic heterocycles. The van der Waals surface area contributed by atoms with Crippen molar-refractivity contribution >= 4 is 23.2 Å². The molecule has 0 bridgehead atoms. The zero-order valence-corrected chi connectivity index (χ0v) is 15.5. The molecule has 2 amide bonds. The fraction of sp³-hybridized carbons (Fsp3) is 0.250. The molecule has 4 rings (SSSR count). The minimum Gasteiger partial charge on any atom is -0.478 e. The Balaban J connectivity index is 1.56. The average molecular weight is 380 g/mol. The summed E-state index contributed by atoms with van der Waals surface area (Å²) in [6.07, 6.45) is 5.10. The lowest BCUT2D eigenvalue weighted by atomic mass is 10.2. The van der Waals surface area contributed by atoms with Gasteiger partial charge in [-0.2, -0.15) is 5.10 Å². The fourth-order valence-electron chi connectivity index (χ4n) is 3.00. The van der Waals surface area contributed by atoms with Gasteiger partial charge in [-0.3, -0.25) is 4.90 Å². The molecule has 0 saturated heterocycles. The number of rotatable bonds is 5. The van der Waals surface area contributed by atoms with Crippen LogP contribution in [0, 0.1) is 6.92 Å². The van der Waals surface area contributed by atoms with Crippen molar-refractivity contribution in [1.82, 2.24) is 14.9 Å². The molecular formula is C20H20N4O4. The standard InChI is InChI=1S/C20H20N4O4/c1-12-16(19(25)26)11-24-18(12)17(9-10-21-24)28-15-7-5-14(6-8-15)23(2)20(27)22-13-3-4-13/h5-11,13H,3-4H2,1-2H3,(H,22,27)(H,25,26). The van der Waals surface area contributed by atoms with Crippen molar-refractivity contribution in [3.63, 3.8) is 0 Å². The van der Waals surface area contributed by atoms with Crippen LogP contribution in [0.3, 0.4) is 0 Å². The smallest absolute Gasteiger partial charge is 0.337 e. The van der Waals surface area contributed by atoms with Crippen molar-refractivity contribution in [2.45, 2.75) is 25.8 Å². The summed E-state index contributed by atoms with van der Waals surface area (Å²) in [7, 11) is 1.72. The number of carbonyl (C=O) groups is 2. The Labute approximate surface area is 161 Å². The zero-order chi connectivity index (χ0) is 19.8. The fourth-order valence-corrected chi connectivity index (χ4v) is 3.00. The number of urea groups is 1. The summed E-state index contributed by atoms with van der Waals surface area (Å²) in [6.45, 7) is 1.73. The Hall–Kier alpha value is -3.55. The molecule has 1 saturated carbocycles. The van der Waals surface area contributed by atoms with E-state index in [0.717, 1.165) is 18.5 Å². The van der Waals surface area contributed by atoms with E-state index in [4.69, 9.17) is 4.74 Å². The number of fused-ring (bicyclic) bond motifs is 1. The van der Waals surface area contributed by atoms with E-state index in [1.165, 1.54) is 10.7 Å². The molecule has 1 aliphatic rings. The maximum Gasteiger partial charge on any atom is 0.337 e. The molecule has 3 aromatic rings. The van der Waals surface area contributed by atoms with E-state index in [-0.39, 0.29) is 11.6 Å². The summed E-state index contributed by atoms with van der Waals surface area (Å²) < 4.78 is 7.46. The number of ether oxygens (including phenoxy) is 1. The zero-order valence-electron chi connectivity index (χ0n) is 15.5. The van der Waals surface area contributed by atoms with Gasteiger partial charge in [-0.05, 0) is 49.6 Å². The van der Waals surface area contributed by atoms with Crippen molar-refractivity contribution in [2.75, 3.05) is 11.9 Å². The van der Waals surface area contributed by atoms with Gasteiger partial charge in [0.25, 0.3) is 0 Å². The number of hydrogen-bond donors (Lipinski definition) is 2. The number of hydrogen-bond acceptors (Lipinski definition) is 4. The van der Waals surface area contributed by atoms with Gasteiger partial charge in [-0.1, -0.05) is 0 Å². The van der Waals surface area contributed by atoms with Gasteiger partial charge in [0.05, 0.1) is 11.8 Å². The van der Waals surface area contributed by atoms with Gasteiger partial charge in [0.1, 0.15) is 11.3 Å². The lowest BCUT2D eigenvalue weighted by molar-refractivity contribution is 0.0696. The molecular weight excluding hydrogens is 360 g/mol. The number of nitrogens with zero attached hydrogens (tertiary/aromatic N) is 3. The molecule has 8 nitrogen and oxygen atoms in total. The Morgan fingerprint density at radius 3 is 2.61 bits per heavy atom. The van der Waals surface area contributed by atoms with Gasteiger partial charge in [-0.25, -0.2) is 14.1 Å². The van der Waals surface area contributed by atoms with Gasteiger partial charge >= 0.3 is 12.0 Å². The van der Waals surface area contributed by atoms with Crippen LogP contribution in [0.25, 0.3) is 5.52 Å².